The van der Waals surface area contributed by atoms with Crippen molar-refractivity contribution in [3.63, 3.8) is 0 Å². The number of ether oxygens (including phenoxy) is 1. The lowest BCUT2D eigenvalue weighted by molar-refractivity contribution is -0.151. The van der Waals surface area contributed by atoms with Crippen molar-refractivity contribution < 1.29 is 24.2 Å². The van der Waals surface area contributed by atoms with Crippen molar-refractivity contribution in [2.75, 3.05) is 6.54 Å². The minimum Gasteiger partial charge on any atom is -0.480 e. The van der Waals surface area contributed by atoms with Gasteiger partial charge in [-0.05, 0) is 31.2 Å². The first-order valence-electron chi connectivity index (χ1n) is 9.89. The molecule has 3 unspecified atom stereocenters. The molecule has 4 atom stereocenters. The number of hydrogen-bond acceptors (Lipinski definition) is 5. The summed E-state index contributed by atoms with van der Waals surface area (Å²) in [4.78, 5) is 38.6. The van der Waals surface area contributed by atoms with Crippen LogP contribution in [-0.2, 0) is 25.7 Å². The fourth-order valence-corrected chi connectivity index (χ4v) is 3.36. The number of carbonyl (C=O) groups is 3. The molecule has 160 valence electrons. The molecule has 1 saturated heterocycles. The molecule has 7 nitrogen and oxygen atoms in total. The van der Waals surface area contributed by atoms with E-state index in [1.165, 1.54) is 4.90 Å². The summed E-state index contributed by atoms with van der Waals surface area (Å²) in [5.74, 6) is -1.86. The van der Waals surface area contributed by atoms with Gasteiger partial charge in [0.25, 0.3) is 0 Å². The van der Waals surface area contributed by atoms with Crippen LogP contribution in [0.4, 0.5) is 0 Å². The van der Waals surface area contributed by atoms with Crippen LogP contribution in [0.1, 0.15) is 39.2 Å². The predicted molar refractivity (Wildman–Crippen MR) is 113 cm³/mol. The summed E-state index contributed by atoms with van der Waals surface area (Å²) in [5.41, 5.74) is 0.940. The van der Waals surface area contributed by atoms with Gasteiger partial charge in [-0.2, -0.15) is 12.6 Å². The second-order valence-corrected chi connectivity index (χ2v) is 8.26. The minimum atomic E-state index is -1.03. The molecule has 1 aliphatic heterocycles. The van der Waals surface area contributed by atoms with Gasteiger partial charge in [-0.1, -0.05) is 44.2 Å². The van der Waals surface area contributed by atoms with Crippen molar-refractivity contribution in [2.24, 2.45) is 5.92 Å². The van der Waals surface area contributed by atoms with Crippen LogP contribution in [0.3, 0.4) is 0 Å². The molecule has 2 N–H and O–H groups in total. The molecule has 2 rings (SSSR count). The quantitative estimate of drug-likeness (QED) is 0.530. The normalized spacial score (nSPS) is 19.6. The summed E-state index contributed by atoms with van der Waals surface area (Å²) in [5, 5.41) is 11.6. The van der Waals surface area contributed by atoms with Gasteiger partial charge in [-0.15, -0.1) is 0 Å². The summed E-state index contributed by atoms with van der Waals surface area (Å²) >= 11 is 4.33. The molecule has 0 saturated carbocycles. The van der Waals surface area contributed by atoms with Gasteiger partial charge in [-0.25, -0.2) is 4.79 Å². The smallest absolute Gasteiger partial charge is 0.326 e. The minimum absolute atomic E-state index is 0.0202. The molecule has 0 radical (unpaired) electrons. The Morgan fingerprint density at radius 2 is 1.90 bits per heavy atom. The molecule has 1 heterocycles. The van der Waals surface area contributed by atoms with Crippen LogP contribution in [-0.4, -0.2) is 57.8 Å². The Morgan fingerprint density at radius 3 is 2.48 bits per heavy atom. The van der Waals surface area contributed by atoms with Crippen LogP contribution in [0, 0.1) is 5.92 Å². The molecule has 1 fully saturated rings. The Labute approximate surface area is 177 Å². The van der Waals surface area contributed by atoms with Crippen molar-refractivity contribution in [1.29, 1.82) is 0 Å². The Bertz CT molecular complexity index is 712. The number of likely N-dealkylation sites (tertiary alicyclic amines) is 1. The van der Waals surface area contributed by atoms with Gasteiger partial charge in [0.05, 0.1) is 18.0 Å². The molecule has 0 aliphatic carbocycles. The zero-order chi connectivity index (χ0) is 21.6. The third-order valence-electron chi connectivity index (χ3n) is 5.11. The fraction of sp³-hybridized carbons (Fsp3) is 0.571. The molecule has 8 heteroatoms. The number of amides is 2. The van der Waals surface area contributed by atoms with Crippen molar-refractivity contribution in [3.8, 4) is 0 Å². The molecule has 0 aromatic heterocycles. The summed E-state index contributed by atoms with van der Waals surface area (Å²) in [6.45, 7) is 6.07. The lowest BCUT2D eigenvalue weighted by Crippen LogP contribution is -2.57. The van der Waals surface area contributed by atoms with E-state index in [9.17, 15) is 19.5 Å². The van der Waals surface area contributed by atoms with Crippen molar-refractivity contribution in [2.45, 2.75) is 63.7 Å². The number of aliphatic carboxylic acids is 1. The molecule has 0 bridgehead atoms. The van der Waals surface area contributed by atoms with E-state index in [1.54, 1.807) is 6.92 Å². The largest absolute Gasteiger partial charge is 0.480 e. The van der Waals surface area contributed by atoms with Crippen LogP contribution >= 0.6 is 12.6 Å². The first kappa shape index (κ1) is 23.2. The van der Waals surface area contributed by atoms with Gasteiger partial charge in [-0.3, -0.25) is 9.59 Å². The monoisotopic (exact) mass is 422 g/mol. The van der Waals surface area contributed by atoms with E-state index in [0.717, 1.165) is 5.56 Å². The number of carboxylic acids is 1. The Morgan fingerprint density at radius 1 is 1.24 bits per heavy atom. The van der Waals surface area contributed by atoms with Gasteiger partial charge in [0.1, 0.15) is 12.1 Å². The number of thiol groups is 1. The zero-order valence-corrected chi connectivity index (χ0v) is 18.0. The Kier molecular flexibility index (Phi) is 8.52. The third-order valence-corrected chi connectivity index (χ3v) is 5.94. The Balaban J connectivity index is 2.16. The number of hydrogen-bond donors (Lipinski definition) is 3. The van der Waals surface area contributed by atoms with E-state index in [0.29, 0.717) is 19.4 Å². The fourth-order valence-electron chi connectivity index (χ4n) is 3.29. The molecule has 29 heavy (non-hydrogen) atoms. The maximum atomic E-state index is 13.2. The molecule has 1 aromatic rings. The highest BCUT2D eigenvalue weighted by Crippen LogP contribution is 2.21. The Hall–Kier alpha value is -2.06. The van der Waals surface area contributed by atoms with E-state index < -0.39 is 35.3 Å². The standard InChI is InChI=1S/C21H30N2O5S/c1-13(2)18(29)19(24)22-17(14(3)28-12-15-8-5-4-6-9-15)20(25)23-11-7-10-16(23)21(26)27/h4-6,8-9,13-14,16-18,29H,7,10-12H2,1-3H3,(H,22,24)(H,26,27)/t14?,16-,17?,18?/m0/s1. The summed E-state index contributed by atoms with van der Waals surface area (Å²) < 4.78 is 5.87. The highest BCUT2D eigenvalue weighted by Gasteiger charge is 2.40. The third kappa shape index (κ3) is 6.21. The highest BCUT2D eigenvalue weighted by molar-refractivity contribution is 7.81. The second-order valence-electron chi connectivity index (χ2n) is 7.70. The zero-order valence-electron chi connectivity index (χ0n) is 17.1. The number of carbonyl (C=O) groups excluding carboxylic acids is 2. The second kappa shape index (κ2) is 10.6. The van der Waals surface area contributed by atoms with Crippen molar-refractivity contribution >= 4 is 30.4 Å². The van der Waals surface area contributed by atoms with Crippen LogP contribution in [0.2, 0.25) is 0 Å². The molecule has 1 aliphatic rings. The van der Waals surface area contributed by atoms with E-state index in [2.05, 4.69) is 17.9 Å². The number of benzene rings is 1. The molecular weight excluding hydrogens is 392 g/mol. The van der Waals surface area contributed by atoms with Crippen molar-refractivity contribution in [3.05, 3.63) is 35.9 Å². The van der Waals surface area contributed by atoms with Gasteiger partial charge in [0, 0.05) is 6.54 Å². The van der Waals surface area contributed by atoms with Gasteiger partial charge in [0.15, 0.2) is 0 Å². The summed E-state index contributed by atoms with van der Waals surface area (Å²) in [7, 11) is 0. The summed E-state index contributed by atoms with van der Waals surface area (Å²) in [6.07, 6.45) is 0.376. The predicted octanol–water partition coefficient (Wildman–Crippen LogP) is 2.11. The van der Waals surface area contributed by atoms with Crippen LogP contribution in [0.5, 0.6) is 0 Å². The maximum Gasteiger partial charge on any atom is 0.326 e. The first-order valence-corrected chi connectivity index (χ1v) is 10.4. The van der Waals surface area contributed by atoms with Gasteiger partial charge in [0.2, 0.25) is 11.8 Å². The average Bonchev–Trinajstić information content (AvgIpc) is 3.20. The highest BCUT2D eigenvalue weighted by atomic mass is 32.1. The molecule has 2 amide bonds. The van der Waals surface area contributed by atoms with Gasteiger partial charge >= 0.3 is 5.97 Å². The van der Waals surface area contributed by atoms with E-state index >= 15 is 0 Å². The van der Waals surface area contributed by atoms with E-state index in [1.807, 2.05) is 44.2 Å². The topological polar surface area (TPSA) is 95.9 Å². The average molecular weight is 423 g/mol. The molecule has 0 spiro atoms. The summed E-state index contributed by atoms with van der Waals surface area (Å²) in [6, 6.07) is 7.64. The SMILES string of the molecule is CC(C)C(S)C(=O)NC(C(=O)N1CCC[C@H]1C(=O)O)C(C)OCc1ccccc1. The molecule has 1 aromatic carbocycles. The lowest BCUT2D eigenvalue weighted by atomic mass is 10.1. The van der Waals surface area contributed by atoms with Crippen LogP contribution in [0.15, 0.2) is 30.3 Å². The number of carboxylic acid groups (broad SMARTS) is 1. The van der Waals surface area contributed by atoms with E-state index in [4.69, 9.17) is 4.74 Å². The van der Waals surface area contributed by atoms with Crippen LogP contribution < -0.4 is 5.32 Å². The molecular formula is C21H30N2O5S. The van der Waals surface area contributed by atoms with Gasteiger partial charge < -0.3 is 20.1 Å². The number of nitrogens with zero attached hydrogens (tertiary/aromatic N) is 1. The van der Waals surface area contributed by atoms with Crippen molar-refractivity contribution in [1.82, 2.24) is 10.2 Å². The van der Waals surface area contributed by atoms with Crippen LogP contribution in [0.25, 0.3) is 0 Å². The maximum absolute atomic E-state index is 13.2. The number of rotatable bonds is 9. The first-order chi connectivity index (χ1) is 13.7. The lowest BCUT2D eigenvalue weighted by Gasteiger charge is -2.31. The van der Waals surface area contributed by atoms with E-state index in [-0.39, 0.29) is 18.4 Å². The number of nitrogens with one attached hydrogen (secondary N) is 1.